The van der Waals surface area contributed by atoms with Crippen molar-refractivity contribution in [1.29, 1.82) is 0 Å². The summed E-state index contributed by atoms with van der Waals surface area (Å²) >= 11 is 0. The number of ether oxygens (including phenoxy) is 2. The van der Waals surface area contributed by atoms with Gasteiger partial charge in [-0.3, -0.25) is 19.2 Å². The highest BCUT2D eigenvalue weighted by Gasteiger charge is 2.37. The summed E-state index contributed by atoms with van der Waals surface area (Å²) in [7, 11) is 0. The fraction of sp³-hybridized carbons (Fsp3) is 0.350. The lowest BCUT2D eigenvalue weighted by Gasteiger charge is -2.23. The summed E-state index contributed by atoms with van der Waals surface area (Å²) in [6.45, 7) is 3.32. The van der Waals surface area contributed by atoms with E-state index in [9.17, 15) is 19.2 Å². The Morgan fingerprint density at radius 3 is 2.38 bits per heavy atom. The van der Waals surface area contributed by atoms with Gasteiger partial charge in [0.1, 0.15) is 11.7 Å². The minimum Gasteiger partial charge on any atom is -0.466 e. The monoisotopic (exact) mass is 401 g/mol. The van der Waals surface area contributed by atoms with Crippen LogP contribution in [0.1, 0.15) is 30.8 Å². The number of esters is 2. The van der Waals surface area contributed by atoms with E-state index in [0.29, 0.717) is 5.52 Å². The quantitative estimate of drug-likeness (QED) is 0.597. The van der Waals surface area contributed by atoms with Crippen LogP contribution < -0.4 is 11.1 Å². The Kier molecular flexibility index (Phi) is 7.64. The zero-order valence-corrected chi connectivity index (χ0v) is 16.2. The largest absolute Gasteiger partial charge is 0.466 e. The van der Waals surface area contributed by atoms with Crippen LogP contribution in [0.5, 0.6) is 0 Å². The summed E-state index contributed by atoms with van der Waals surface area (Å²) < 4.78 is 9.78. The van der Waals surface area contributed by atoms with Crippen LogP contribution >= 0.6 is 0 Å². The number of benzene rings is 1. The minimum absolute atomic E-state index is 0.0316. The average molecular weight is 401 g/mol. The van der Waals surface area contributed by atoms with Crippen molar-refractivity contribution in [2.24, 2.45) is 11.7 Å². The lowest BCUT2D eigenvalue weighted by Crippen LogP contribution is -2.52. The SMILES string of the molecule is CCOC(=O)C[C@H](C(=O)OCC)[C@H](NC(=O)c1ccc2ccccc2n1)C(N)=O. The van der Waals surface area contributed by atoms with Crippen LogP contribution in [0.4, 0.5) is 0 Å². The normalized spacial score (nSPS) is 12.6. The number of rotatable bonds is 9. The summed E-state index contributed by atoms with van der Waals surface area (Å²) in [5.41, 5.74) is 6.03. The number of primary amides is 1. The Hall–Kier alpha value is -3.49. The van der Waals surface area contributed by atoms with Gasteiger partial charge in [0.2, 0.25) is 5.91 Å². The van der Waals surface area contributed by atoms with E-state index in [1.54, 1.807) is 32.0 Å². The van der Waals surface area contributed by atoms with Gasteiger partial charge in [-0.05, 0) is 26.0 Å². The summed E-state index contributed by atoms with van der Waals surface area (Å²) in [5.74, 6) is -4.57. The number of hydrogen-bond donors (Lipinski definition) is 2. The van der Waals surface area contributed by atoms with Crippen LogP contribution in [-0.4, -0.2) is 48.0 Å². The second kappa shape index (κ2) is 10.2. The van der Waals surface area contributed by atoms with Crippen LogP contribution in [0.25, 0.3) is 10.9 Å². The first-order valence-corrected chi connectivity index (χ1v) is 9.15. The lowest BCUT2D eigenvalue weighted by molar-refractivity contribution is -0.156. The van der Waals surface area contributed by atoms with Crippen molar-refractivity contribution in [3.05, 3.63) is 42.1 Å². The molecule has 9 heteroatoms. The van der Waals surface area contributed by atoms with Gasteiger partial charge in [-0.1, -0.05) is 24.3 Å². The molecule has 0 unspecified atom stereocenters. The van der Waals surface area contributed by atoms with Crippen molar-refractivity contribution in [3.8, 4) is 0 Å². The maximum absolute atomic E-state index is 12.6. The molecule has 9 nitrogen and oxygen atoms in total. The van der Waals surface area contributed by atoms with Crippen LogP contribution in [0.15, 0.2) is 36.4 Å². The predicted octanol–water partition coefficient (Wildman–Crippen LogP) is 0.951. The summed E-state index contributed by atoms with van der Waals surface area (Å²) in [6, 6.07) is 8.91. The molecule has 1 aromatic heterocycles. The van der Waals surface area contributed by atoms with E-state index in [0.717, 1.165) is 5.39 Å². The van der Waals surface area contributed by atoms with Crippen LogP contribution in [0.3, 0.4) is 0 Å². The van der Waals surface area contributed by atoms with Crippen molar-refractivity contribution in [2.75, 3.05) is 13.2 Å². The number of para-hydroxylation sites is 1. The number of carbonyl (C=O) groups excluding carboxylic acids is 4. The molecule has 0 saturated heterocycles. The van der Waals surface area contributed by atoms with Crippen molar-refractivity contribution >= 4 is 34.7 Å². The number of nitrogens with zero attached hydrogens (tertiary/aromatic N) is 1. The third-order valence-corrected chi connectivity index (χ3v) is 4.11. The zero-order valence-electron chi connectivity index (χ0n) is 16.2. The molecular weight excluding hydrogens is 378 g/mol. The molecule has 0 fully saturated rings. The summed E-state index contributed by atoms with van der Waals surface area (Å²) in [4.78, 5) is 53.1. The van der Waals surface area contributed by atoms with Crippen LogP contribution in [0.2, 0.25) is 0 Å². The molecule has 0 aliphatic heterocycles. The van der Waals surface area contributed by atoms with Gasteiger partial charge in [-0.25, -0.2) is 4.98 Å². The first-order chi connectivity index (χ1) is 13.9. The molecule has 0 bridgehead atoms. The molecule has 0 saturated carbocycles. The molecule has 2 atom stereocenters. The molecule has 29 heavy (non-hydrogen) atoms. The number of nitrogens with two attached hydrogens (primary N) is 1. The molecule has 1 heterocycles. The van der Waals surface area contributed by atoms with Gasteiger partial charge >= 0.3 is 11.9 Å². The summed E-state index contributed by atoms with van der Waals surface area (Å²) in [6.07, 6.45) is -0.467. The Labute approximate surface area is 167 Å². The van der Waals surface area contributed by atoms with Crippen LogP contribution in [0, 0.1) is 5.92 Å². The van der Waals surface area contributed by atoms with Gasteiger partial charge in [0, 0.05) is 5.39 Å². The molecule has 0 radical (unpaired) electrons. The Bertz CT molecular complexity index is 914. The van der Waals surface area contributed by atoms with E-state index in [4.69, 9.17) is 15.2 Å². The second-order valence-electron chi connectivity index (χ2n) is 6.11. The minimum atomic E-state index is -1.47. The van der Waals surface area contributed by atoms with E-state index in [1.165, 1.54) is 6.07 Å². The van der Waals surface area contributed by atoms with Gasteiger partial charge in [0.25, 0.3) is 5.91 Å². The number of fused-ring (bicyclic) bond motifs is 1. The summed E-state index contributed by atoms with van der Waals surface area (Å²) in [5, 5.41) is 3.24. The topological polar surface area (TPSA) is 138 Å². The Morgan fingerprint density at radius 2 is 1.72 bits per heavy atom. The molecule has 2 rings (SSSR count). The van der Waals surface area contributed by atoms with E-state index in [-0.39, 0.29) is 18.9 Å². The standard InChI is InChI=1S/C20H23N3O6/c1-3-28-16(24)11-13(20(27)29-4-2)17(18(21)25)23-19(26)15-10-9-12-7-5-6-8-14(12)22-15/h5-10,13,17H,3-4,11H2,1-2H3,(H2,21,25)(H,23,26)/t13-,17-/m0/s1. The number of pyridine rings is 1. The third kappa shape index (κ3) is 5.74. The van der Waals surface area contributed by atoms with Crippen molar-refractivity contribution in [3.63, 3.8) is 0 Å². The maximum atomic E-state index is 12.6. The highest BCUT2D eigenvalue weighted by atomic mass is 16.5. The van der Waals surface area contributed by atoms with Gasteiger partial charge in [0.15, 0.2) is 0 Å². The Morgan fingerprint density at radius 1 is 1.03 bits per heavy atom. The molecule has 0 aliphatic rings. The van der Waals surface area contributed by atoms with E-state index < -0.39 is 42.1 Å². The molecule has 3 N–H and O–H groups in total. The van der Waals surface area contributed by atoms with Gasteiger partial charge in [-0.2, -0.15) is 0 Å². The maximum Gasteiger partial charge on any atom is 0.312 e. The fourth-order valence-electron chi connectivity index (χ4n) is 2.76. The smallest absolute Gasteiger partial charge is 0.312 e. The fourth-order valence-corrected chi connectivity index (χ4v) is 2.76. The molecule has 154 valence electrons. The number of hydrogen-bond acceptors (Lipinski definition) is 7. The van der Waals surface area contributed by atoms with Gasteiger partial charge < -0.3 is 20.5 Å². The number of nitrogens with one attached hydrogen (secondary N) is 1. The lowest BCUT2D eigenvalue weighted by atomic mass is 9.95. The van der Waals surface area contributed by atoms with Crippen molar-refractivity contribution in [2.45, 2.75) is 26.3 Å². The van der Waals surface area contributed by atoms with Gasteiger partial charge in [0.05, 0.1) is 31.1 Å². The Balaban J connectivity index is 2.27. The molecule has 2 amide bonds. The van der Waals surface area contributed by atoms with E-state index in [1.807, 2.05) is 12.1 Å². The zero-order chi connectivity index (χ0) is 21.4. The van der Waals surface area contributed by atoms with E-state index >= 15 is 0 Å². The first-order valence-electron chi connectivity index (χ1n) is 9.15. The first kappa shape index (κ1) is 21.8. The average Bonchev–Trinajstić information content (AvgIpc) is 2.70. The highest BCUT2D eigenvalue weighted by Crippen LogP contribution is 2.16. The highest BCUT2D eigenvalue weighted by molar-refractivity contribution is 5.99. The number of amides is 2. The van der Waals surface area contributed by atoms with Crippen molar-refractivity contribution in [1.82, 2.24) is 10.3 Å². The van der Waals surface area contributed by atoms with Crippen molar-refractivity contribution < 1.29 is 28.7 Å². The molecular formula is C20H23N3O6. The molecule has 0 spiro atoms. The van der Waals surface area contributed by atoms with Crippen LogP contribution in [-0.2, 0) is 23.9 Å². The molecule has 2 aromatic rings. The number of aromatic nitrogens is 1. The second-order valence-corrected chi connectivity index (χ2v) is 6.11. The predicted molar refractivity (Wildman–Crippen MR) is 104 cm³/mol. The molecule has 0 aliphatic carbocycles. The van der Waals surface area contributed by atoms with E-state index in [2.05, 4.69) is 10.3 Å². The number of carbonyl (C=O) groups is 4. The van der Waals surface area contributed by atoms with Gasteiger partial charge in [-0.15, -0.1) is 0 Å². The third-order valence-electron chi connectivity index (χ3n) is 4.11. The molecule has 1 aromatic carbocycles.